The van der Waals surface area contributed by atoms with Crippen molar-refractivity contribution >= 4 is 34.3 Å². The second-order valence-corrected chi connectivity index (χ2v) is 4.57. The van der Waals surface area contributed by atoms with Gasteiger partial charge < -0.3 is 0 Å². The van der Waals surface area contributed by atoms with Gasteiger partial charge in [0, 0.05) is 16.5 Å². The monoisotopic (exact) mass is 263 g/mol. The molecule has 1 nitrogen and oxygen atoms in total. The Morgan fingerprint density at radius 2 is 1.94 bits per heavy atom. The van der Waals surface area contributed by atoms with Gasteiger partial charge in [-0.05, 0) is 36.0 Å². The molecule has 1 aromatic heterocycles. The molecule has 0 saturated carbocycles. The fraction of sp³-hybridized carbons (Fsp3) is 0.100. The highest BCUT2D eigenvalue weighted by atomic mass is 35.5. The van der Waals surface area contributed by atoms with Crippen LogP contribution in [0.5, 0.6) is 0 Å². The van der Waals surface area contributed by atoms with E-state index in [2.05, 4.69) is 4.98 Å². The first kappa shape index (κ1) is 11.5. The molecule has 0 N–H and O–H groups in total. The van der Waals surface area contributed by atoms with Crippen LogP contribution in [0.4, 0.5) is 13.2 Å². The van der Waals surface area contributed by atoms with Gasteiger partial charge in [0.1, 0.15) is 0 Å². The Morgan fingerprint density at radius 1 is 1.19 bits per heavy atom. The van der Waals surface area contributed by atoms with Crippen LogP contribution >= 0.6 is 23.4 Å². The maximum atomic E-state index is 12.2. The van der Waals surface area contributed by atoms with E-state index in [0.717, 1.165) is 0 Å². The molecule has 6 heteroatoms. The molecule has 0 aliphatic carbocycles. The molecule has 0 fully saturated rings. The van der Waals surface area contributed by atoms with Crippen LogP contribution in [0.1, 0.15) is 0 Å². The summed E-state index contributed by atoms with van der Waals surface area (Å²) < 4.78 is 36.5. The van der Waals surface area contributed by atoms with E-state index in [0.29, 0.717) is 15.9 Å². The van der Waals surface area contributed by atoms with Gasteiger partial charge in [0.05, 0.1) is 10.5 Å². The zero-order chi connectivity index (χ0) is 11.8. The van der Waals surface area contributed by atoms with Crippen LogP contribution in [-0.4, -0.2) is 10.5 Å². The number of thioether (sulfide) groups is 1. The number of alkyl halides is 3. The summed E-state index contributed by atoms with van der Waals surface area (Å²) in [6.07, 6.45) is 1.52. The van der Waals surface area contributed by atoms with Gasteiger partial charge in [-0.15, -0.1) is 0 Å². The normalized spacial score (nSPS) is 12.0. The van der Waals surface area contributed by atoms with Crippen molar-refractivity contribution in [1.82, 2.24) is 4.98 Å². The first-order valence-corrected chi connectivity index (χ1v) is 5.45. The lowest BCUT2D eigenvalue weighted by Gasteiger charge is -2.06. The Hall–Kier alpha value is -0.940. The quantitative estimate of drug-likeness (QED) is 0.703. The minimum absolute atomic E-state index is 0.106. The number of hydrogen-bond acceptors (Lipinski definition) is 2. The first-order chi connectivity index (χ1) is 7.46. The summed E-state index contributed by atoms with van der Waals surface area (Å²) in [4.78, 5) is 4.11. The van der Waals surface area contributed by atoms with E-state index in [9.17, 15) is 13.2 Å². The third kappa shape index (κ3) is 2.59. The summed E-state index contributed by atoms with van der Waals surface area (Å²) in [5, 5.41) is 0.924. The summed E-state index contributed by atoms with van der Waals surface area (Å²) in [7, 11) is 0. The lowest BCUT2D eigenvalue weighted by Crippen LogP contribution is -1.98. The van der Waals surface area contributed by atoms with Crippen molar-refractivity contribution in [3.63, 3.8) is 0 Å². The van der Waals surface area contributed by atoms with Gasteiger partial charge in [-0.3, -0.25) is 4.98 Å². The van der Waals surface area contributed by atoms with E-state index in [-0.39, 0.29) is 16.7 Å². The largest absolute Gasteiger partial charge is 0.446 e. The molecule has 0 aliphatic heterocycles. The van der Waals surface area contributed by atoms with Crippen molar-refractivity contribution in [1.29, 1.82) is 0 Å². The molecule has 0 radical (unpaired) electrons. The molecular weight excluding hydrogens is 259 g/mol. The number of fused-ring (bicyclic) bond motifs is 1. The molecule has 0 bridgehead atoms. The van der Waals surface area contributed by atoms with Gasteiger partial charge >= 0.3 is 5.51 Å². The lowest BCUT2D eigenvalue weighted by atomic mass is 10.2. The molecule has 1 aromatic carbocycles. The highest BCUT2D eigenvalue weighted by Gasteiger charge is 2.29. The molecule has 0 aliphatic rings. The summed E-state index contributed by atoms with van der Waals surface area (Å²) in [5.74, 6) is 0. The van der Waals surface area contributed by atoms with E-state index in [4.69, 9.17) is 11.6 Å². The van der Waals surface area contributed by atoms with Crippen molar-refractivity contribution in [3.05, 3.63) is 35.5 Å². The first-order valence-electron chi connectivity index (χ1n) is 4.26. The molecule has 0 spiro atoms. The third-order valence-electron chi connectivity index (χ3n) is 1.89. The zero-order valence-electron chi connectivity index (χ0n) is 7.75. The van der Waals surface area contributed by atoms with Gasteiger partial charge in [-0.1, -0.05) is 11.6 Å². The topological polar surface area (TPSA) is 12.9 Å². The van der Waals surface area contributed by atoms with Crippen molar-refractivity contribution in [2.24, 2.45) is 0 Å². The minimum atomic E-state index is -4.29. The SMILES string of the molecule is FC(F)(F)Sc1ccc2nccc(Cl)c2c1. The fourth-order valence-electron chi connectivity index (χ4n) is 1.29. The molecular formula is C10H5ClF3NS. The number of pyridine rings is 1. The van der Waals surface area contributed by atoms with Crippen LogP contribution in [0.25, 0.3) is 10.9 Å². The Bertz CT molecular complexity index is 527. The maximum absolute atomic E-state index is 12.2. The van der Waals surface area contributed by atoms with Gasteiger partial charge in [0.15, 0.2) is 0 Å². The predicted octanol–water partition coefficient (Wildman–Crippen LogP) is 4.50. The Labute approximate surface area is 98.6 Å². The van der Waals surface area contributed by atoms with E-state index >= 15 is 0 Å². The van der Waals surface area contributed by atoms with E-state index in [1.807, 2.05) is 0 Å². The number of hydrogen-bond donors (Lipinski definition) is 0. The van der Waals surface area contributed by atoms with Gasteiger partial charge in [-0.25, -0.2) is 0 Å². The molecule has 0 amide bonds. The standard InChI is InChI=1S/C10H5ClF3NS/c11-8-3-4-15-9-2-1-6(5-7(8)9)16-10(12,13)14/h1-5H. The minimum Gasteiger partial charge on any atom is -0.256 e. The Morgan fingerprint density at radius 3 is 2.62 bits per heavy atom. The summed E-state index contributed by atoms with van der Waals surface area (Å²) in [6.45, 7) is 0. The van der Waals surface area contributed by atoms with Crippen LogP contribution in [0.15, 0.2) is 35.4 Å². The third-order valence-corrected chi connectivity index (χ3v) is 2.94. The molecule has 1 heterocycles. The second-order valence-electron chi connectivity index (χ2n) is 3.02. The Kier molecular flexibility index (Phi) is 2.99. The van der Waals surface area contributed by atoms with Gasteiger partial charge in [-0.2, -0.15) is 13.2 Å². The average molecular weight is 264 g/mol. The molecule has 84 valence electrons. The van der Waals surface area contributed by atoms with Crippen molar-refractivity contribution in [2.75, 3.05) is 0 Å². The number of benzene rings is 1. The van der Waals surface area contributed by atoms with Crippen molar-refractivity contribution < 1.29 is 13.2 Å². The van der Waals surface area contributed by atoms with Gasteiger partial charge in [0.2, 0.25) is 0 Å². The summed E-state index contributed by atoms with van der Waals surface area (Å²) in [6, 6.07) is 5.84. The van der Waals surface area contributed by atoms with Crippen LogP contribution in [0.3, 0.4) is 0 Å². The van der Waals surface area contributed by atoms with E-state index in [1.165, 1.54) is 24.4 Å². The van der Waals surface area contributed by atoms with Crippen molar-refractivity contribution in [2.45, 2.75) is 10.4 Å². The predicted molar refractivity (Wildman–Crippen MR) is 58.7 cm³/mol. The van der Waals surface area contributed by atoms with Crippen LogP contribution in [0.2, 0.25) is 5.02 Å². The molecule has 16 heavy (non-hydrogen) atoms. The number of halogens is 4. The second kappa shape index (κ2) is 4.14. The molecule has 2 aromatic rings. The molecule has 0 unspecified atom stereocenters. The zero-order valence-corrected chi connectivity index (χ0v) is 9.33. The summed E-state index contributed by atoms with van der Waals surface area (Å²) in [5.41, 5.74) is -3.71. The van der Waals surface area contributed by atoms with Crippen LogP contribution in [0, 0.1) is 0 Å². The van der Waals surface area contributed by atoms with Gasteiger partial charge in [0.25, 0.3) is 0 Å². The molecule has 2 rings (SSSR count). The van der Waals surface area contributed by atoms with Crippen molar-refractivity contribution in [3.8, 4) is 0 Å². The van der Waals surface area contributed by atoms with Crippen LogP contribution in [-0.2, 0) is 0 Å². The maximum Gasteiger partial charge on any atom is 0.446 e. The smallest absolute Gasteiger partial charge is 0.256 e. The average Bonchev–Trinajstić information content (AvgIpc) is 2.17. The lowest BCUT2D eigenvalue weighted by molar-refractivity contribution is -0.0328. The number of rotatable bonds is 1. The fourth-order valence-corrected chi connectivity index (χ4v) is 2.08. The highest BCUT2D eigenvalue weighted by Crippen LogP contribution is 2.38. The summed E-state index contributed by atoms with van der Waals surface area (Å²) >= 11 is 5.71. The van der Waals surface area contributed by atoms with Crippen LogP contribution < -0.4 is 0 Å². The van der Waals surface area contributed by atoms with E-state index in [1.54, 1.807) is 6.07 Å². The number of nitrogens with zero attached hydrogens (tertiary/aromatic N) is 1. The molecule has 0 saturated heterocycles. The Balaban J connectivity index is 2.47. The van der Waals surface area contributed by atoms with E-state index < -0.39 is 5.51 Å². The molecule has 0 atom stereocenters. The number of aromatic nitrogens is 1. The highest BCUT2D eigenvalue weighted by molar-refractivity contribution is 8.00.